The van der Waals surface area contributed by atoms with Crippen LogP contribution in [-0.4, -0.2) is 21.3 Å². The normalized spacial score (nSPS) is 37.0. The summed E-state index contributed by atoms with van der Waals surface area (Å²) >= 11 is 0. The summed E-state index contributed by atoms with van der Waals surface area (Å²) < 4.78 is 6.62. The number of hydrogen-bond donors (Lipinski definition) is 0. The van der Waals surface area contributed by atoms with Crippen LogP contribution in [0.2, 0.25) is 24.2 Å². The molecule has 0 heterocycles. The van der Waals surface area contributed by atoms with Gasteiger partial charge in [-0.25, -0.2) is 0 Å². The zero-order chi connectivity index (χ0) is 39.2. The number of benzene rings is 2. The van der Waals surface area contributed by atoms with Crippen molar-refractivity contribution >= 4 is 8.07 Å². The van der Waals surface area contributed by atoms with Gasteiger partial charge in [-0.1, -0.05) is 159 Å². The van der Waals surface area contributed by atoms with Crippen molar-refractivity contribution in [2.24, 2.45) is 58.2 Å². The first-order chi connectivity index (χ1) is 24.4. The number of ether oxygens (including phenoxy) is 1. The molecule has 0 spiro atoms. The SMILES string of the molecule is COC1C(c2ccccc2)C2CC(C)C([Si](C)(C)C3C(C)CC4C(c5cc(C(C)(C)C)cc(C(C)(C)C)c5)CC(C(C)(C)C)CC43)C2CC1C(C)(C)C. The molecule has 0 bridgehead atoms. The molecular weight excluding hydrogens is 657 g/mol. The van der Waals surface area contributed by atoms with Crippen molar-refractivity contribution in [3.05, 3.63) is 70.8 Å². The van der Waals surface area contributed by atoms with Gasteiger partial charge in [0.15, 0.2) is 0 Å². The van der Waals surface area contributed by atoms with E-state index in [1.165, 1.54) is 48.8 Å². The van der Waals surface area contributed by atoms with Crippen LogP contribution in [0.5, 0.6) is 0 Å². The van der Waals surface area contributed by atoms with Crippen molar-refractivity contribution in [1.29, 1.82) is 0 Å². The maximum Gasteiger partial charge on any atom is 0.0675 e. The molecule has 1 nitrogen and oxygen atoms in total. The molecule has 0 aliphatic heterocycles. The summed E-state index contributed by atoms with van der Waals surface area (Å²) in [4.78, 5) is 0. The summed E-state index contributed by atoms with van der Waals surface area (Å²) in [5.41, 5.74) is 8.87. The maximum atomic E-state index is 6.62. The highest BCUT2D eigenvalue weighted by Crippen LogP contribution is 2.69. The average Bonchev–Trinajstić information content (AvgIpc) is 3.57. The quantitative estimate of drug-likeness (QED) is 0.278. The number of methoxy groups -OCH3 is 1. The Morgan fingerprint density at radius 3 is 1.55 bits per heavy atom. The maximum absolute atomic E-state index is 6.62. The zero-order valence-electron chi connectivity index (χ0n) is 37.6. The smallest absolute Gasteiger partial charge is 0.0675 e. The van der Waals surface area contributed by atoms with Crippen LogP contribution in [0, 0.1) is 58.2 Å². The van der Waals surface area contributed by atoms with Crippen molar-refractivity contribution in [3.8, 4) is 0 Å². The third-order valence-electron chi connectivity index (χ3n) is 16.5. The molecule has 53 heavy (non-hydrogen) atoms. The molecule has 0 aromatic heterocycles. The van der Waals surface area contributed by atoms with E-state index >= 15 is 0 Å². The van der Waals surface area contributed by atoms with Crippen LogP contribution >= 0.6 is 0 Å². The van der Waals surface area contributed by atoms with E-state index in [1.807, 2.05) is 7.11 Å². The highest BCUT2D eigenvalue weighted by Gasteiger charge is 2.63. The second-order valence-corrected chi connectivity index (χ2v) is 29.3. The summed E-state index contributed by atoms with van der Waals surface area (Å²) in [6.45, 7) is 41.0. The van der Waals surface area contributed by atoms with Gasteiger partial charge < -0.3 is 4.74 Å². The van der Waals surface area contributed by atoms with Crippen LogP contribution < -0.4 is 0 Å². The Bertz CT molecular complexity index is 1530. The van der Waals surface area contributed by atoms with Gasteiger partial charge in [-0.3, -0.25) is 0 Å². The monoisotopic (exact) mass is 739 g/mol. The lowest BCUT2D eigenvalue weighted by Crippen LogP contribution is -2.51. The van der Waals surface area contributed by atoms with E-state index in [0.29, 0.717) is 23.2 Å². The lowest BCUT2D eigenvalue weighted by Gasteiger charge is -2.54. The van der Waals surface area contributed by atoms with Crippen LogP contribution in [-0.2, 0) is 15.6 Å². The molecule has 0 N–H and O–H groups in total. The molecule has 13 atom stereocenters. The molecule has 0 radical (unpaired) electrons. The van der Waals surface area contributed by atoms with Gasteiger partial charge in [0.25, 0.3) is 0 Å². The highest BCUT2D eigenvalue weighted by molar-refractivity contribution is 6.80. The molecule has 2 aromatic carbocycles. The van der Waals surface area contributed by atoms with Crippen molar-refractivity contribution in [2.75, 3.05) is 7.11 Å². The van der Waals surface area contributed by atoms with E-state index < -0.39 is 8.07 Å². The number of hydrogen-bond acceptors (Lipinski definition) is 1. The predicted molar refractivity (Wildman–Crippen MR) is 233 cm³/mol. The minimum atomic E-state index is -1.77. The molecule has 0 saturated heterocycles. The van der Waals surface area contributed by atoms with Gasteiger partial charge in [0.05, 0.1) is 14.2 Å². The Kier molecular flexibility index (Phi) is 11.1. The van der Waals surface area contributed by atoms with Crippen molar-refractivity contribution in [3.63, 3.8) is 0 Å². The molecule has 296 valence electrons. The van der Waals surface area contributed by atoms with E-state index in [-0.39, 0.29) is 22.3 Å². The van der Waals surface area contributed by atoms with Crippen LogP contribution in [0.15, 0.2) is 48.5 Å². The molecule has 6 rings (SSSR count). The van der Waals surface area contributed by atoms with E-state index in [4.69, 9.17) is 4.74 Å². The Labute approximate surface area is 329 Å². The molecule has 4 saturated carbocycles. The van der Waals surface area contributed by atoms with Gasteiger partial charge in [-0.2, -0.15) is 0 Å². The Hall–Kier alpha value is -1.38. The molecule has 2 heteroatoms. The molecule has 4 aliphatic carbocycles. The fraction of sp³-hybridized carbons (Fsp3) is 0.765. The minimum absolute atomic E-state index is 0.146. The predicted octanol–water partition coefficient (Wildman–Crippen LogP) is 14.7. The number of rotatable bonds is 5. The summed E-state index contributed by atoms with van der Waals surface area (Å²) in [5, 5.41) is 0. The second-order valence-electron chi connectivity index (χ2n) is 24.3. The molecule has 2 aromatic rings. The van der Waals surface area contributed by atoms with Gasteiger partial charge in [0.2, 0.25) is 0 Å². The summed E-state index contributed by atoms with van der Waals surface area (Å²) in [6.07, 6.45) is 7.24. The zero-order valence-corrected chi connectivity index (χ0v) is 38.6. The molecule has 4 aliphatic rings. The van der Waals surface area contributed by atoms with Crippen molar-refractivity contribution < 1.29 is 4.74 Å². The highest BCUT2D eigenvalue weighted by atomic mass is 28.3. The lowest BCUT2D eigenvalue weighted by atomic mass is 9.59. The Morgan fingerprint density at radius 1 is 0.566 bits per heavy atom. The van der Waals surface area contributed by atoms with Crippen LogP contribution in [0.4, 0.5) is 0 Å². The van der Waals surface area contributed by atoms with E-state index in [2.05, 4.69) is 159 Å². The third kappa shape index (κ3) is 7.70. The molecule has 4 fully saturated rings. The standard InChI is InChI=1S/C51H82OSi/c1-31-23-39-38(34-25-35(48(3,4)5)27-36(26-34)49(6,7)8)28-37(50(9,10)11)29-41(39)46(31)53(16,17)47-32(2)24-40-42(47)30-43(51(12,13)14)45(52-15)44(40)33-21-19-18-20-22-33/h18-22,25-27,31-32,37-47H,23-24,28-30H2,1-17H3. The second kappa shape index (κ2) is 14.2. The summed E-state index contributed by atoms with van der Waals surface area (Å²) in [6, 6.07) is 19.5. The average molecular weight is 739 g/mol. The fourth-order valence-electron chi connectivity index (χ4n) is 14.1. The fourth-order valence-corrected chi connectivity index (χ4v) is 20.7. The largest absolute Gasteiger partial charge is 0.381 e. The first kappa shape index (κ1) is 41.3. The molecule has 13 unspecified atom stereocenters. The Morgan fingerprint density at radius 2 is 1.08 bits per heavy atom. The first-order valence-electron chi connectivity index (χ1n) is 22.1. The first-order valence-corrected chi connectivity index (χ1v) is 25.2. The van der Waals surface area contributed by atoms with Crippen LogP contribution in [0.25, 0.3) is 0 Å². The van der Waals surface area contributed by atoms with Crippen molar-refractivity contribution in [1.82, 2.24) is 0 Å². The minimum Gasteiger partial charge on any atom is -0.381 e. The van der Waals surface area contributed by atoms with Crippen LogP contribution in [0.1, 0.15) is 163 Å². The number of fused-ring (bicyclic) bond motifs is 2. The topological polar surface area (TPSA) is 9.23 Å². The van der Waals surface area contributed by atoms with Crippen molar-refractivity contribution in [2.45, 2.75) is 182 Å². The molecule has 0 amide bonds. The van der Waals surface area contributed by atoms with Crippen LogP contribution in [0.3, 0.4) is 0 Å². The summed E-state index contributed by atoms with van der Waals surface area (Å²) in [5.74, 6) is 7.26. The Balaban J connectivity index is 1.42. The third-order valence-corrected chi connectivity index (χ3v) is 21.9. The lowest BCUT2D eigenvalue weighted by molar-refractivity contribution is -0.0689. The van der Waals surface area contributed by atoms with Gasteiger partial charge in [-0.05, 0) is 140 Å². The summed E-state index contributed by atoms with van der Waals surface area (Å²) in [7, 11) is 0.242. The van der Waals surface area contributed by atoms with E-state index in [9.17, 15) is 0 Å². The molecular formula is C51H82OSi. The van der Waals surface area contributed by atoms with Gasteiger partial charge in [0, 0.05) is 13.0 Å². The van der Waals surface area contributed by atoms with E-state index in [1.54, 1.807) is 5.56 Å². The van der Waals surface area contributed by atoms with Gasteiger partial charge in [0.1, 0.15) is 0 Å². The van der Waals surface area contributed by atoms with Gasteiger partial charge >= 0.3 is 0 Å². The van der Waals surface area contributed by atoms with E-state index in [0.717, 1.165) is 52.5 Å². The van der Waals surface area contributed by atoms with Gasteiger partial charge in [-0.15, -0.1) is 0 Å².